The van der Waals surface area contributed by atoms with Crippen LogP contribution in [0.25, 0.3) is 0 Å². The molecule has 0 saturated carbocycles. The zero-order valence-electron chi connectivity index (χ0n) is 12.1. The molecule has 1 aromatic carbocycles. The molecule has 0 aromatic heterocycles. The summed E-state index contributed by atoms with van der Waals surface area (Å²) in [5.41, 5.74) is 7.71. The molecule has 0 heterocycles. The van der Waals surface area contributed by atoms with Crippen molar-refractivity contribution in [2.75, 3.05) is 41.3 Å². The third-order valence-electron chi connectivity index (χ3n) is 2.91. The van der Waals surface area contributed by atoms with Crippen LogP contribution in [0.4, 0.5) is 0 Å². The third kappa shape index (κ3) is 5.14. The lowest BCUT2D eigenvalue weighted by atomic mass is 10.1. The first-order chi connectivity index (χ1) is 8.93. The largest absolute Gasteiger partial charge is 0.496 e. The van der Waals surface area contributed by atoms with Crippen LogP contribution in [0.5, 0.6) is 5.75 Å². The zero-order valence-corrected chi connectivity index (χ0v) is 13.0. The van der Waals surface area contributed by atoms with Gasteiger partial charge in [-0.2, -0.15) is 0 Å². The van der Waals surface area contributed by atoms with E-state index in [2.05, 4.69) is 30.9 Å². The highest BCUT2D eigenvalue weighted by molar-refractivity contribution is 7.80. The standard InChI is InChI=1S/C14H23N3OS/c1-16(2)7-8-17(3)10-11-5-6-13(18-4)12(9-11)14(15)19/h5-6,9H,7-8,10H2,1-4H3,(H2,15,19). The summed E-state index contributed by atoms with van der Waals surface area (Å²) in [6.45, 7) is 2.92. The predicted molar refractivity (Wildman–Crippen MR) is 83.8 cm³/mol. The molecule has 0 radical (unpaired) electrons. The molecule has 0 bridgehead atoms. The van der Waals surface area contributed by atoms with Crippen molar-refractivity contribution in [3.8, 4) is 5.75 Å². The van der Waals surface area contributed by atoms with E-state index in [0.717, 1.165) is 30.9 Å². The Morgan fingerprint density at radius 3 is 2.47 bits per heavy atom. The highest BCUT2D eigenvalue weighted by atomic mass is 32.1. The van der Waals surface area contributed by atoms with Crippen molar-refractivity contribution >= 4 is 17.2 Å². The van der Waals surface area contributed by atoms with E-state index in [0.29, 0.717) is 4.99 Å². The maximum atomic E-state index is 5.72. The van der Waals surface area contributed by atoms with Crippen LogP contribution in [0.3, 0.4) is 0 Å². The van der Waals surface area contributed by atoms with Gasteiger partial charge in [0.25, 0.3) is 0 Å². The normalized spacial score (nSPS) is 11.1. The van der Waals surface area contributed by atoms with Gasteiger partial charge in [-0.3, -0.25) is 0 Å². The molecule has 2 N–H and O–H groups in total. The van der Waals surface area contributed by atoms with Crippen LogP contribution in [-0.2, 0) is 6.54 Å². The lowest BCUT2D eigenvalue weighted by Gasteiger charge is -2.20. The molecular weight excluding hydrogens is 258 g/mol. The van der Waals surface area contributed by atoms with E-state index < -0.39 is 0 Å². The quantitative estimate of drug-likeness (QED) is 0.764. The van der Waals surface area contributed by atoms with Crippen LogP contribution in [0.1, 0.15) is 11.1 Å². The lowest BCUT2D eigenvalue weighted by Crippen LogP contribution is -2.28. The van der Waals surface area contributed by atoms with Crippen LogP contribution < -0.4 is 10.5 Å². The summed E-state index contributed by atoms with van der Waals surface area (Å²) in [6.07, 6.45) is 0. The molecule has 1 aromatic rings. The van der Waals surface area contributed by atoms with Gasteiger partial charge >= 0.3 is 0 Å². The summed E-state index contributed by atoms with van der Waals surface area (Å²) in [4.78, 5) is 4.81. The average Bonchev–Trinajstić information content (AvgIpc) is 2.36. The summed E-state index contributed by atoms with van der Waals surface area (Å²) in [7, 11) is 7.88. The van der Waals surface area contributed by atoms with Crippen LogP contribution in [0.15, 0.2) is 18.2 Å². The molecule has 0 saturated heterocycles. The van der Waals surface area contributed by atoms with E-state index in [1.165, 1.54) is 5.56 Å². The van der Waals surface area contributed by atoms with Crippen LogP contribution >= 0.6 is 12.2 Å². The molecule has 0 aliphatic carbocycles. The molecule has 0 aliphatic rings. The smallest absolute Gasteiger partial charge is 0.129 e. The predicted octanol–water partition coefficient (Wildman–Crippen LogP) is 1.32. The Labute approximate surface area is 121 Å². The Balaban J connectivity index is 2.74. The number of methoxy groups -OCH3 is 1. The Kier molecular flexibility index (Phi) is 6.21. The first kappa shape index (κ1) is 15.9. The van der Waals surface area contributed by atoms with Crippen molar-refractivity contribution in [1.82, 2.24) is 9.80 Å². The van der Waals surface area contributed by atoms with Crippen LogP contribution in [0.2, 0.25) is 0 Å². The molecule has 0 aliphatic heterocycles. The van der Waals surface area contributed by atoms with E-state index in [1.807, 2.05) is 18.2 Å². The van der Waals surface area contributed by atoms with Gasteiger partial charge in [-0.25, -0.2) is 0 Å². The molecule has 0 spiro atoms. The molecule has 0 fully saturated rings. The fraction of sp³-hybridized carbons (Fsp3) is 0.500. The number of ether oxygens (including phenoxy) is 1. The maximum absolute atomic E-state index is 5.72. The van der Waals surface area contributed by atoms with E-state index in [1.54, 1.807) is 7.11 Å². The number of thiocarbonyl (C=S) groups is 1. The highest BCUT2D eigenvalue weighted by Gasteiger charge is 2.08. The molecule has 0 amide bonds. The average molecular weight is 281 g/mol. The number of likely N-dealkylation sites (N-methyl/N-ethyl adjacent to an activating group) is 2. The van der Waals surface area contributed by atoms with Crippen molar-refractivity contribution in [2.45, 2.75) is 6.54 Å². The molecule has 19 heavy (non-hydrogen) atoms. The van der Waals surface area contributed by atoms with Gasteiger partial charge in [0.2, 0.25) is 0 Å². The van der Waals surface area contributed by atoms with Crippen molar-refractivity contribution < 1.29 is 4.74 Å². The van der Waals surface area contributed by atoms with Crippen LogP contribution in [0, 0.1) is 0 Å². The number of benzene rings is 1. The molecule has 1 rings (SSSR count). The fourth-order valence-electron chi connectivity index (χ4n) is 1.81. The lowest BCUT2D eigenvalue weighted by molar-refractivity contribution is 0.276. The Morgan fingerprint density at radius 2 is 1.95 bits per heavy atom. The second kappa shape index (κ2) is 7.43. The maximum Gasteiger partial charge on any atom is 0.129 e. The number of nitrogens with zero attached hydrogens (tertiary/aromatic N) is 2. The molecule has 5 heteroatoms. The minimum absolute atomic E-state index is 0.370. The van der Waals surface area contributed by atoms with Crippen LogP contribution in [-0.4, -0.2) is 56.1 Å². The van der Waals surface area contributed by atoms with Crippen molar-refractivity contribution in [2.24, 2.45) is 5.73 Å². The summed E-state index contributed by atoms with van der Waals surface area (Å²) in [6, 6.07) is 5.98. The monoisotopic (exact) mass is 281 g/mol. The van der Waals surface area contributed by atoms with Gasteiger partial charge in [0.05, 0.1) is 12.7 Å². The second-order valence-electron chi connectivity index (χ2n) is 4.94. The summed E-state index contributed by atoms with van der Waals surface area (Å²) >= 11 is 5.05. The first-order valence-electron chi connectivity index (χ1n) is 6.24. The summed E-state index contributed by atoms with van der Waals surface area (Å²) in [5, 5.41) is 0. The SMILES string of the molecule is COc1ccc(CN(C)CCN(C)C)cc1C(N)=S. The fourth-order valence-corrected chi connectivity index (χ4v) is 1.97. The molecule has 0 atom stereocenters. The van der Waals surface area contributed by atoms with Gasteiger partial charge in [-0.05, 0) is 38.8 Å². The number of nitrogens with two attached hydrogens (primary N) is 1. The Morgan fingerprint density at radius 1 is 1.26 bits per heavy atom. The van der Waals surface area contributed by atoms with Gasteiger partial charge in [-0.15, -0.1) is 0 Å². The molecule has 0 unspecified atom stereocenters. The van der Waals surface area contributed by atoms with Gasteiger partial charge in [-0.1, -0.05) is 18.3 Å². The molecule has 4 nitrogen and oxygen atoms in total. The second-order valence-corrected chi connectivity index (χ2v) is 5.38. The van der Waals surface area contributed by atoms with Gasteiger partial charge in [0, 0.05) is 19.6 Å². The van der Waals surface area contributed by atoms with E-state index in [9.17, 15) is 0 Å². The summed E-state index contributed by atoms with van der Waals surface area (Å²) < 4.78 is 5.26. The van der Waals surface area contributed by atoms with E-state index >= 15 is 0 Å². The minimum Gasteiger partial charge on any atom is -0.496 e. The topological polar surface area (TPSA) is 41.7 Å². The highest BCUT2D eigenvalue weighted by Crippen LogP contribution is 2.20. The van der Waals surface area contributed by atoms with Crippen molar-refractivity contribution in [3.05, 3.63) is 29.3 Å². The van der Waals surface area contributed by atoms with Gasteiger partial charge in [0.15, 0.2) is 0 Å². The zero-order chi connectivity index (χ0) is 14.4. The van der Waals surface area contributed by atoms with E-state index in [-0.39, 0.29) is 0 Å². The number of hydrogen-bond acceptors (Lipinski definition) is 4. The third-order valence-corrected chi connectivity index (χ3v) is 3.13. The van der Waals surface area contributed by atoms with Gasteiger partial charge in [0.1, 0.15) is 10.7 Å². The van der Waals surface area contributed by atoms with Crippen molar-refractivity contribution in [3.63, 3.8) is 0 Å². The van der Waals surface area contributed by atoms with Gasteiger partial charge < -0.3 is 20.3 Å². The van der Waals surface area contributed by atoms with Crippen molar-refractivity contribution in [1.29, 1.82) is 0 Å². The molecule has 106 valence electrons. The minimum atomic E-state index is 0.370. The number of rotatable bonds is 7. The Hall–Kier alpha value is -1.17. The first-order valence-corrected chi connectivity index (χ1v) is 6.65. The summed E-state index contributed by atoms with van der Waals surface area (Å²) in [5.74, 6) is 0.729. The number of hydrogen-bond donors (Lipinski definition) is 1. The molecular formula is C14H23N3OS. The Bertz CT molecular complexity index is 435. The van der Waals surface area contributed by atoms with E-state index in [4.69, 9.17) is 22.7 Å².